The van der Waals surface area contributed by atoms with Crippen LogP contribution < -0.4 is 5.32 Å². The van der Waals surface area contributed by atoms with Gasteiger partial charge in [0.15, 0.2) is 0 Å². The van der Waals surface area contributed by atoms with Crippen molar-refractivity contribution in [2.45, 2.75) is 45.3 Å². The first-order chi connectivity index (χ1) is 5.56. The minimum atomic E-state index is -0.221. The fourth-order valence-electron chi connectivity index (χ4n) is 1.61. The van der Waals surface area contributed by atoms with E-state index in [1.807, 2.05) is 20.8 Å². The lowest BCUT2D eigenvalue weighted by molar-refractivity contribution is -0.120. The summed E-state index contributed by atoms with van der Waals surface area (Å²) in [5.41, 5.74) is -0.221. The van der Waals surface area contributed by atoms with Crippen molar-refractivity contribution in [3.8, 4) is 0 Å². The minimum Gasteiger partial charge on any atom is -0.374 e. The molecule has 1 heterocycles. The largest absolute Gasteiger partial charge is 0.374 e. The van der Waals surface area contributed by atoms with Gasteiger partial charge in [-0.1, -0.05) is 0 Å². The van der Waals surface area contributed by atoms with E-state index in [1.165, 1.54) is 0 Å². The molecular formula is C9H17NO2. The van der Waals surface area contributed by atoms with Gasteiger partial charge in [0.2, 0.25) is 5.91 Å². The average Bonchev–Trinajstić information content (AvgIpc) is 2.36. The predicted octanol–water partition coefficient (Wildman–Crippen LogP) is 1.08. The van der Waals surface area contributed by atoms with Gasteiger partial charge in [-0.25, -0.2) is 0 Å². The number of rotatable bonds is 3. The quantitative estimate of drug-likeness (QED) is 0.690. The van der Waals surface area contributed by atoms with Gasteiger partial charge in [0.1, 0.15) is 0 Å². The van der Waals surface area contributed by atoms with Crippen molar-refractivity contribution in [2.75, 3.05) is 6.61 Å². The van der Waals surface area contributed by atoms with Gasteiger partial charge in [0.05, 0.1) is 11.6 Å². The van der Waals surface area contributed by atoms with Gasteiger partial charge in [-0.15, -0.1) is 0 Å². The first-order valence-corrected chi connectivity index (χ1v) is 4.49. The smallest absolute Gasteiger partial charge is 0.220 e. The van der Waals surface area contributed by atoms with Crippen LogP contribution in [0.4, 0.5) is 0 Å². The molecule has 1 amide bonds. The Labute approximate surface area is 73.5 Å². The maximum Gasteiger partial charge on any atom is 0.220 e. The summed E-state index contributed by atoms with van der Waals surface area (Å²) in [6.45, 7) is 6.71. The molecule has 0 aromatic rings. The molecule has 0 aromatic heterocycles. The standard InChI is InChI=1S/C9H17NO2/c1-4-12-9(2,3)7-5-6-8(11)10-7/h7H,4-6H2,1-3H3,(H,10,11). The molecule has 3 heteroatoms. The van der Waals surface area contributed by atoms with E-state index in [-0.39, 0.29) is 17.6 Å². The van der Waals surface area contributed by atoms with Crippen LogP contribution in [0.5, 0.6) is 0 Å². The summed E-state index contributed by atoms with van der Waals surface area (Å²) in [6.07, 6.45) is 1.53. The van der Waals surface area contributed by atoms with E-state index >= 15 is 0 Å². The zero-order valence-corrected chi connectivity index (χ0v) is 8.02. The third kappa shape index (κ3) is 1.97. The van der Waals surface area contributed by atoms with Crippen molar-refractivity contribution in [1.82, 2.24) is 5.32 Å². The molecule has 3 nitrogen and oxygen atoms in total. The molecule has 1 fully saturated rings. The Kier molecular flexibility index (Phi) is 2.73. The number of hydrogen-bond acceptors (Lipinski definition) is 2. The van der Waals surface area contributed by atoms with Crippen molar-refractivity contribution >= 4 is 5.91 Å². The lowest BCUT2D eigenvalue weighted by Gasteiger charge is -2.31. The summed E-state index contributed by atoms with van der Waals surface area (Å²) in [5, 5.41) is 2.92. The fraction of sp³-hybridized carbons (Fsp3) is 0.889. The van der Waals surface area contributed by atoms with Gasteiger partial charge in [0, 0.05) is 13.0 Å². The van der Waals surface area contributed by atoms with Crippen LogP contribution >= 0.6 is 0 Å². The second-order valence-corrected chi connectivity index (χ2v) is 3.70. The molecule has 12 heavy (non-hydrogen) atoms. The van der Waals surface area contributed by atoms with Crippen LogP contribution in [-0.2, 0) is 9.53 Å². The average molecular weight is 171 g/mol. The van der Waals surface area contributed by atoms with Crippen molar-refractivity contribution in [3.63, 3.8) is 0 Å². The van der Waals surface area contributed by atoms with Crippen molar-refractivity contribution < 1.29 is 9.53 Å². The predicted molar refractivity (Wildman–Crippen MR) is 46.9 cm³/mol. The molecule has 0 radical (unpaired) electrons. The Morgan fingerprint density at radius 2 is 2.33 bits per heavy atom. The lowest BCUT2D eigenvalue weighted by Crippen LogP contribution is -2.46. The van der Waals surface area contributed by atoms with Gasteiger partial charge >= 0.3 is 0 Å². The second-order valence-electron chi connectivity index (χ2n) is 3.70. The summed E-state index contributed by atoms with van der Waals surface area (Å²) < 4.78 is 5.55. The maximum absolute atomic E-state index is 10.9. The molecule has 1 aliphatic heterocycles. The first-order valence-electron chi connectivity index (χ1n) is 4.49. The topological polar surface area (TPSA) is 38.3 Å². The number of carbonyl (C=O) groups excluding carboxylic acids is 1. The highest BCUT2D eigenvalue weighted by atomic mass is 16.5. The van der Waals surface area contributed by atoms with Crippen LogP contribution in [0.1, 0.15) is 33.6 Å². The molecular weight excluding hydrogens is 154 g/mol. The monoisotopic (exact) mass is 171 g/mol. The van der Waals surface area contributed by atoms with Crippen LogP contribution in [0, 0.1) is 0 Å². The molecule has 1 atom stereocenters. The van der Waals surface area contributed by atoms with Crippen molar-refractivity contribution in [3.05, 3.63) is 0 Å². The Hall–Kier alpha value is -0.570. The first kappa shape index (κ1) is 9.52. The highest BCUT2D eigenvalue weighted by Crippen LogP contribution is 2.22. The van der Waals surface area contributed by atoms with E-state index in [1.54, 1.807) is 0 Å². The molecule has 1 rings (SSSR count). The molecule has 70 valence electrons. The molecule has 0 saturated carbocycles. The van der Waals surface area contributed by atoms with Crippen LogP contribution in [0.25, 0.3) is 0 Å². The Balaban J connectivity index is 2.51. The maximum atomic E-state index is 10.9. The van der Waals surface area contributed by atoms with Gasteiger partial charge in [-0.2, -0.15) is 0 Å². The number of hydrogen-bond donors (Lipinski definition) is 1. The van der Waals surface area contributed by atoms with E-state index in [9.17, 15) is 4.79 Å². The third-order valence-corrected chi connectivity index (χ3v) is 2.35. The molecule has 1 saturated heterocycles. The molecule has 0 aliphatic carbocycles. The highest BCUT2D eigenvalue weighted by Gasteiger charge is 2.35. The van der Waals surface area contributed by atoms with E-state index < -0.39 is 0 Å². The third-order valence-electron chi connectivity index (χ3n) is 2.35. The molecule has 0 bridgehead atoms. The molecule has 1 aliphatic rings. The van der Waals surface area contributed by atoms with Gasteiger partial charge in [-0.05, 0) is 27.2 Å². The van der Waals surface area contributed by atoms with Crippen molar-refractivity contribution in [2.24, 2.45) is 0 Å². The van der Waals surface area contributed by atoms with Crippen LogP contribution in [-0.4, -0.2) is 24.2 Å². The van der Waals surface area contributed by atoms with Gasteiger partial charge < -0.3 is 10.1 Å². The number of ether oxygens (including phenoxy) is 1. The number of carbonyl (C=O) groups is 1. The zero-order chi connectivity index (χ0) is 9.19. The Morgan fingerprint density at radius 3 is 2.75 bits per heavy atom. The van der Waals surface area contributed by atoms with E-state index in [0.717, 1.165) is 6.42 Å². The Bertz CT molecular complexity index is 177. The molecule has 1 unspecified atom stereocenters. The van der Waals surface area contributed by atoms with Crippen molar-refractivity contribution in [1.29, 1.82) is 0 Å². The van der Waals surface area contributed by atoms with E-state index in [0.29, 0.717) is 13.0 Å². The minimum absolute atomic E-state index is 0.146. The normalized spacial score (nSPS) is 24.2. The highest BCUT2D eigenvalue weighted by molar-refractivity contribution is 5.78. The number of amides is 1. The van der Waals surface area contributed by atoms with E-state index in [4.69, 9.17) is 4.74 Å². The lowest BCUT2D eigenvalue weighted by atomic mass is 9.97. The second kappa shape index (κ2) is 3.44. The molecule has 1 N–H and O–H groups in total. The summed E-state index contributed by atoms with van der Waals surface area (Å²) in [4.78, 5) is 10.9. The van der Waals surface area contributed by atoms with Crippen LogP contribution in [0.3, 0.4) is 0 Å². The molecule has 0 spiro atoms. The van der Waals surface area contributed by atoms with E-state index in [2.05, 4.69) is 5.32 Å². The summed E-state index contributed by atoms with van der Waals surface area (Å²) in [6, 6.07) is 0.185. The summed E-state index contributed by atoms with van der Waals surface area (Å²) >= 11 is 0. The SMILES string of the molecule is CCOC(C)(C)C1CCC(=O)N1. The van der Waals surface area contributed by atoms with Crippen LogP contribution in [0.2, 0.25) is 0 Å². The van der Waals surface area contributed by atoms with Crippen LogP contribution in [0.15, 0.2) is 0 Å². The fourth-order valence-corrected chi connectivity index (χ4v) is 1.61. The van der Waals surface area contributed by atoms with Gasteiger partial charge in [0.25, 0.3) is 0 Å². The van der Waals surface area contributed by atoms with Gasteiger partial charge in [-0.3, -0.25) is 4.79 Å². The summed E-state index contributed by atoms with van der Waals surface area (Å²) in [5.74, 6) is 0.146. The number of nitrogens with one attached hydrogen (secondary N) is 1. The Morgan fingerprint density at radius 1 is 1.67 bits per heavy atom. The zero-order valence-electron chi connectivity index (χ0n) is 8.02. The molecule has 0 aromatic carbocycles. The summed E-state index contributed by atoms with van der Waals surface area (Å²) in [7, 11) is 0.